The molecule has 0 bridgehead atoms. The zero-order valence-corrected chi connectivity index (χ0v) is 62.3. The summed E-state index contributed by atoms with van der Waals surface area (Å²) >= 11 is 0. The molecule has 0 radical (unpaired) electrons. The third kappa shape index (κ3) is 68.4. The van der Waals surface area contributed by atoms with Gasteiger partial charge in [0, 0.05) is 25.7 Å². The fourth-order valence-corrected chi connectivity index (χ4v) is 12.9. The molecule has 0 aliphatic carbocycles. The van der Waals surface area contributed by atoms with E-state index in [-0.39, 0.29) is 25.7 Å². The number of hydrogen-bond acceptors (Lipinski definition) is 15. The summed E-state index contributed by atoms with van der Waals surface area (Å²) in [4.78, 5) is 72.6. The highest BCUT2D eigenvalue weighted by Gasteiger charge is 2.30. The predicted molar refractivity (Wildman–Crippen MR) is 377 cm³/mol. The summed E-state index contributed by atoms with van der Waals surface area (Å²) in [5.74, 6) is -0.725. The molecule has 93 heavy (non-hydrogen) atoms. The summed E-state index contributed by atoms with van der Waals surface area (Å²) in [6.45, 7) is 9.45. The minimum absolute atomic E-state index is 0.104. The lowest BCUT2D eigenvalue weighted by atomic mass is 10.0. The van der Waals surface area contributed by atoms with Crippen LogP contribution in [-0.2, 0) is 65.4 Å². The molecule has 0 amide bonds. The van der Waals surface area contributed by atoms with E-state index in [1.807, 2.05) is 0 Å². The average molecular weight is 1370 g/mol. The fraction of sp³-hybridized carbons (Fsp3) is 0.946. The molecule has 0 aliphatic rings. The van der Waals surface area contributed by atoms with Gasteiger partial charge in [-0.25, -0.2) is 9.13 Å². The number of rotatable bonds is 73. The molecular formula is C74H144O17P2. The van der Waals surface area contributed by atoms with Gasteiger partial charge in [-0.05, 0) is 37.5 Å². The van der Waals surface area contributed by atoms with Crippen molar-refractivity contribution in [2.45, 2.75) is 400 Å². The molecule has 552 valence electrons. The molecular weight excluding hydrogens is 1220 g/mol. The third-order valence-electron chi connectivity index (χ3n) is 17.2. The van der Waals surface area contributed by atoms with Crippen molar-refractivity contribution < 1.29 is 80.2 Å². The maximum absolute atomic E-state index is 13.1. The highest BCUT2D eigenvalue weighted by Crippen LogP contribution is 2.45. The molecule has 0 rings (SSSR count). The van der Waals surface area contributed by atoms with E-state index in [1.165, 1.54) is 193 Å². The van der Waals surface area contributed by atoms with Crippen molar-refractivity contribution in [1.29, 1.82) is 0 Å². The van der Waals surface area contributed by atoms with E-state index < -0.39 is 97.5 Å². The molecule has 0 aromatic rings. The number of carbonyl (C=O) groups is 4. The molecule has 0 saturated carbocycles. The number of carbonyl (C=O) groups excluding carboxylic acids is 4. The Hall–Kier alpha value is -1.94. The minimum atomic E-state index is -4.95. The van der Waals surface area contributed by atoms with Crippen molar-refractivity contribution in [1.82, 2.24) is 0 Å². The maximum atomic E-state index is 13.1. The molecule has 0 aromatic carbocycles. The van der Waals surface area contributed by atoms with Crippen LogP contribution in [0.3, 0.4) is 0 Å². The van der Waals surface area contributed by atoms with Crippen LogP contribution in [0.25, 0.3) is 0 Å². The van der Waals surface area contributed by atoms with Crippen LogP contribution in [0.2, 0.25) is 0 Å². The average Bonchev–Trinajstić information content (AvgIpc) is 1.77. The Balaban J connectivity index is 5.19. The largest absolute Gasteiger partial charge is 0.472 e. The van der Waals surface area contributed by atoms with E-state index in [9.17, 15) is 43.2 Å². The van der Waals surface area contributed by atoms with E-state index >= 15 is 0 Å². The molecule has 0 spiro atoms. The van der Waals surface area contributed by atoms with E-state index in [4.69, 9.17) is 37.0 Å². The number of aliphatic hydroxyl groups is 1. The SMILES string of the molecule is CCCCCCCCCCCCCCCCCCCCCCC(=O)O[C@H](COC(=O)CCCCCCCCCCCCCCC)COP(=O)(O)OC[C@@H](O)COP(=O)(O)OC[C@@H](COC(=O)CCCCCCCCC(C)C)OC(=O)CCCCCCCCCCC(C)C. The lowest BCUT2D eigenvalue weighted by Gasteiger charge is -2.21. The van der Waals surface area contributed by atoms with Gasteiger partial charge in [-0.15, -0.1) is 0 Å². The number of hydrogen-bond donors (Lipinski definition) is 3. The molecule has 0 heterocycles. The van der Waals surface area contributed by atoms with Crippen LogP contribution < -0.4 is 0 Å². The predicted octanol–water partition coefficient (Wildman–Crippen LogP) is 21.6. The highest BCUT2D eigenvalue weighted by molar-refractivity contribution is 7.47. The van der Waals surface area contributed by atoms with Gasteiger partial charge >= 0.3 is 39.5 Å². The lowest BCUT2D eigenvalue weighted by molar-refractivity contribution is -0.161. The van der Waals surface area contributed by atoms with Crippen molar-refractivity contribution in [3.05, 3.63) is 0 Å². The summed E-state index contributed by atoms with van der Waals surface area (Å²) in [6.07, 6.45) is 53.0. The quantitative estimate of drug-likeness (QED) is 0.0222. The van der Waals surface area contributed by atoms with Crippen LogP contribution in [-0.4, -0.2) is 96.7 Å². The fourth-order valence-electron chi connectivity index (χ4n) is 11.3. The zero-order chi connectivity index (χ0) is 68.6. The van der Waals surface area contributed by atoms with Gasteiger partial charge in [-0.2, -0.15) is 0 Å². The van der Waals surface area contributed by atoms with Crippen LogP contribution in [0.4, 0.5) is 0 Å². The third-order valence-corrected chi connectivity index (χ3v) is 19.1. The Kier molecular flexibility index (Phi) is 64.6. The van der Waals surface area contributed by atoms with Crippen molar-refractivity contribution in [3.63, 3.8) is 0 Å². The van der Waals surface area contributed by atoms with Gasteiger partial charge in [-0.1, -0.05) is 330 Å². The number of aliphatic hydroxyl groups excluding tert-OH is 1. The van der Waals surface area contributed by atoms with Crippen molar-refractivity contribution in [2.24, 2.45) is 11.8 Å². The molecule has 17 nitrogen and oxygen atoms in total. The van der Waals surface area contributed by atoms with Gasteiger partial charge < -0.3 is 33.8 Å². The zero-order valence-electron chi connectivity index (χ0n) is 60.6. The highest BCUT2D eigenvalue weighted by atomic mass is 31.2. The molecule has 3 N–H and O–H groups in total. The first-order chi connectivity index (χ1) is 44.9. The van der Waals surface area contributed by atoms with Gasteiger partial charge in [0.1, 0.15) is 19.3 Å². The first kappa shape index (κ1) is 91.1. The number of ether oxygens (including phenoxy) is 4. The van der Waals surface area contributed by atoms with Gasteiger partial charge in [0.2, 0.25) is 0 Å². The maximum Gasteiger partial charge on any atom is 0.472 e. The normalized spacial score (nSPS) is 14.1. The number of phosphoric ester groups is 2. The van der Waals surface area contributed by atoms with Crippen LogP contribution in [0, 0.1) is 11.8 Å². The van der Waals surface area contributed by atoms with Gasteiger partial charge in [0.05, 0.1) is 26.4 Å². The summed E-state index contributed by atoms with van der Waals surface area (Å²) in [7, 11) is -9.90. The second-order valence-corrected chi connectivity index (χ2v) is 30.5. The lowest BCUT2D eigenvalue weighted by Crippen LogP contribution is -2.30. The molecule has 2 unspecified atom stereocenters. The van der Waals surface area contributed by atoms with Crippen molar-refractivity contribution in [3.8, 4) is 0 Å². The Bertz CT molecular complexity index is 1800. The second kappa shape index (κ2) is 66.0. The first-order valence-electron chi connectivity index (χ1n) is 38.5. The Labute approximate surface area is 568 Å². The second-order valence-electron chi connectivity index (χ2n) is 27.6. The summed E-state index contributed by atoms with van der Waals surface area (Å²) in [6, 6.07) is 0. The van der Waals surface area contributed by atoms with Crippen LogP contribution in [0.5, 0.6) is 0 Å². The van der Waals surface area contributed by atoms with Gasteiger partial charge in [-0.3, -0.25) is 37.3 Å². The topological polar surface area (TPSA) is 237 Å². The number of phosphoric acid groups is 2. The van der Waals surface area contributed by atoms with E-state index in [0.717, 1.165) is 102 Å². The molecule has 0 saturated heterocycles. The van der Waals surface area contributed by atoms with E-state index in [1.54, 1.807) is 0 Å². The van der Waals surface area contributed by atoms with Gasteiger partial charge in [0.15, 0.2) is 12.2 Å². The summed E-state index contributed by atoms with van der Waals surface area (Å²) in [5.41, 5.74) is 0. The smallest absolute Gasteiger partial charge is 0.462 e. The molecule has 0 fully saturated rings. The minimum Gasteiger partial charge on any atom is -0.462 e. The van der Waals surface area contributed by atoms with Crippen LogP contribution in [0.15, 0.2) is 0 Å². The summed E-state index contributed by atoms with van der Waals surface area (Å²) in [5, 5.41) is 10.6. The monoisotopic (exact) mass is 1370 g/mol. The van der Waals surface area contributed by atoms with Gasteiger partial charge in [0.25, 0.3) is 0 Å². The van der Waals surface area contributed by atoms with Crippen LogP contribution in [0.1, 0.15) is 382 Å². The Morgan fingerprint density at radius 3 is 0.731 bits per heavy atom. The Morgan fingerprint density at radius 2 is 0.495 bits per heavy atom. The molecule has 0 aromatic heterocycles. The first-order valence-corrected chi connectivity index (χ1v) is 41.5. The van der Waals surface area contributed by atoms with Crippen molar-refractivity contribution >= 4 is 39.5 Å². The molecule has 19 heteroatoms. The number of unbranched alkanes of at least 4 members (excludes halogenated alkanes) is 43. The molecule has 0 aliphatic heterocycles. The summed E-state index contributed by atoms with van der Waals surface area (Å²) < 4.78 is 68.4. The van der Waals surface area contributed by atoms with Crippen LogP contribution >= 0.6 is 15.6 Å². The van der Waals surface area contributed by atoms with Crippen molar-refractivity contribution in [2.75, 3.05) is 39.6 Å². The Morgan fingerprint density at radius 1 is 0.290 bits per heavy atom. The standard InChI is InChI=1S/C74H144O17P2/c1-7-9-11-13-15-17-19-21-22-23-24-25-26-27-29-31-33-38-46-52-58-73(78)90-69(62-84-71(76)56-50-44-37-32-30-28-20-18-16-14-12-10-8-2)64-88-92(80,81)86-60-68(75)61-87-93(82,83)89-65-70(63-85-72(77)57-51-45-41-40-43-49-55-67(5)6)91-74(79)59-53-47-39-35-34-36-42-48-54-66(3)4/h66-70,75H,7-65H2,1-6H3,(H,80,81)(H,82,83)/t68-,69-,70-/m1/s1. The van der Waals surface area contributed by atoms with E-state index in [0.29, 0.717) is 31.6 Å². The van der Waals surface area contributed by atoms with E-state index in [2.05, 4.69) is 41.5 Å². The molecule has 5 atom stereocenters. The number of esters is 4.